The van der Waals surface area contributed by atoms with Crippen LogP contribution in [0.25, 0.3) is 69.2 Å². The lowest BCUT2D eigenvalue weighted by Crippen LogP contribution is -2.16. The molecule has 6 aromatic carbocycles. The molecule has 4 heteroatoms. The third-order valence-corrected chi connectivity index (χ3v) is 12.2. The van der Waals surface area contributed by atoms with Crippen molar-refractivity contribution in [3.8, 4) is 32.0 Å². The Morgan fingerprint density at radius 2 is 1.32 bits per heavy atom. The van der Waals surface area contributed by atoms with Gasteiger partial charge in [0, 0.05) is 31.7 Å². The van der Waals surface area contributed by atoms with Gasteiger partial charge in [-0.1, -0.05) is 54.6 Å². The van der Waals surface area contributed by atoms with Crippen molar-refractivity contribution in [3.05, 3.63) is 125 Å². The first-order chi connectivity index (χ1) is 20.0. The van der Waals surface area contributed by atoms with Crippen molar-refractivity contribution in [1.82, 2.24) is 0 Å². The van der Waals surface area contributed by atoms with Crippen LogP contribution in [0.3, 0.4) is 0 Å². The highest BCUT2D eigenvalue weighted by Crippen LogP contribution is 2.67. The van der Waals surface area contributed by atoms with Crippen LogP contribution >= 0.6 is 23.1 Å². The molecule has 0 bridgehead atoms. The first kappa shape index (κ1) is 22.7. The molecule has 2 aliphatic carbocycles. The molecule has 0 fully saturated rings. The summed E-state index contributed by atoms with van der Waals surface area (Å²) in [6.45, 7) is 2.38. The molecule has 0 spiro atoms. The van der Waals surface area contributed by atoms with Gasteiger partial charge >= 0.3 is 0 Å². The van der Waals surface area contributed by atoms with Crippen molar-refractivity contribution in [2.24, 2.45) is 0 Å². The molecule has 194 valence electrons. The van der Waals surface area contributed by atoms with Crippen molar-refractivity contribution in [2.45, 2.75) is 17.6 Å². The van der Waals surface area contributed by atoms with Crippen LogP contribution < -0.4 is 0 Å². The summed E-state index contributed by atoms with van der Waals surface area (Å²) in [5, 5.41) is 8.12. The summed E-state index contributed by atoms with van der Waals surface area (Å²) in [5.74, 6) is -0.139. The van der Waals surface area contributed by atoms with Crippen LogP contribution in [0.5, 0.6) is 0 Å². The van der Waals surface area contributed by atoms with Crippen molar-refractivity contribution in [3.63, 3.8) is 0 Å². The number of hydrogen-bond acceptors (Lipinski definition) is 2. The van der Waals surface area contributed by atoms with Crippen molar-refractivity contribution >= 4 is 60.3 Å². The van der Waals surface area contributed by atoms with Gasteiger partial charge in [-0.15, -0.1) is 23.1 Å². The van der Waals surface area contributed by atoms with Crippen molar-refractivity contribution in [2.75, 3.05) is 0 Å². The van der Waals surface area contributed by atoms with Crippen LogP contribution in [0.2, 0.25) is 0 Å². The maximum absolute atomic E-state index is 13.6. The minimum atomic E-state index is -0.208. The topological polar surface area (TPSA) is 0 Å². The van der Waals surface area contributed by atoms with Crippen molar-refractivity contribution in [1.29, 1.82) is 0 Å². The van der Waals surface area contributed by atoms with E-state index in [1.807, 2.05) is 36.0 Å². The summed E-state index contributed by atoms with van der Waals surface area (Å²) < 4.78 is 27.1. The molecule has 0 N–H and O–H groups in total. The highest BCUT2D eigenvalue weighted by atomic mass is 32.2. The zero-order valence-corrected chi connectivity index (χ0v) is 23.5. The van der Waals surface area contributed by atoms with E-state index >= 15 is 0 Å². The Bertz CT molecular complexity index is 2310. The summed E-state index contributed by atoms with van der Waals surface area (Å²) in [4.78, 5) is 3.70. The van der Waals surface area contributed by atoms with E-state index in [1.165, 1.54) is 86.9 Å². The van der Waals surface area contributed by atoms with Gasteiger partial charge in [0.2, 0.25) is 0 Å². The molecule has 41 heavy (non-hydrogen) atoms. The number of thioether (sulfide) groups is 1. The number of benzene rings is 6. The Labute approximate surface area is 243 Å². The van der Waals surface area contributed by atoms with E-state index < -0.39 is 0 Å². The second kappa shape index (κ2) is 7.44. The van der Waals surface area contributed by atoms with E-state index in [-0.39, 0.29) is 22.3 Å². The molecule has 2 atom stereocenters. The number of fused-ring (bicyclic) bond motifs is 6. The summed E-state index contributed by atoms with van der Waals surface area (Å²) in [6.07, 6.45) is 2.41. The number of rotatable bonds is 2. The molecule has 0 radical (unpaired) electrons. The first-order valence-corrected chi connectivity index (χ1v) is 15.5. The van der Waals surface area contributed by atoms with E-state index in [0.29, 0.717) is 0 Å². The molecule has 0 saturated carbocycles. The molecule has 2 unspecified atom stereocenters. The average Bonchev–Trinajstić information content (AvgIpc) is 3.70. The Hall–Kier alpha value is -3.99. The molecule has 1 aromatic heterocycles. The molecule has 10 rings (SSSR count). The van der Waals surface area contributed by atoms with Gasteiger partial charge in [0.1, 0.15) is 11.6 Å². The molecular formula is C37H20F2S2. The third-order valence-electron chi connectivity index (χ3n) is 9.52. The van der Waals surface area contributed by atoms with Crippen LogP contribution in [0.1, 0.15) is 29.5 Å². The van der Waals surface area contributed by atoms with E-state index in [0.717, 1.165) is 11.1 Å². The number of halogens is 2. The minimum absolute atomic E-state index is 0.107. The normalized spacial score (nSPS) is 20.0. The fourth-order valence-corrected chi connectivity index (χ4v) is 10.4. The summed E-state index contributed by atoms with van der Waals surface area (Å²) in [5.41, 5.74) is 8.83. The molecule has 2 heterocycles. The van der Waals surface area contributed by atoms with Gasteiger partial charge in [0.25, 0.3) is 0 Å². The SMILES string of the molecule is CC12SC(c3ccc(F)cc3)=CC1c1ccc3cc4c5c(ccc6cc2c1c3c65)-c1cc(-c2ccc(F)cc2)sc1-4. The van der Waals surface area contributed by atoms with Crippen LogP contribution in [0, 0.1) is 11.6 Å². The van der Waals surface area contributed by atoms with E-state index in [2.05, 4.69) is 55.5 Å². The summed E-state index contributed by atoms with van der Waals surface area (Å²) in [6, 6.07) is 30.1. The molecule has 7 aromatic rings. The lowest BCUT2D eigenvalue weighted by Gasteiger charge is -2.26. The predicted molar refractivity (Wildman–Crippen MR) is 170 cm³/mol. The van der Waals surface area contributed by atoms with Crippen LogP contribution in [0.4, 0.5) is 8.78 Å². The molecular weight excluding hydrogens is 547 g/mol. The molecule has 3 aliphatic rings. The van der Waals surface area contributed by atoms with Gasteiger partial charge in [-0.3, -0.25) is 0 Å². The van der Waals surface area contributed by atoms with Gasteiger partial charge in [0.05, 0.1) is 4.75 Å². The van der Waals surface area contributed by atoms with Crippen LogP contribution in [-0.4, -0.2) is 0 Å². The molecule has 0 nitrogen and oxygen atoms in total. The fraction of sp³-hybridized carbons (Fsp3) is 0.0811. The molecule has 0 saturated heterocycles. The highest BCUT2D eigenvalue weighted by Gasteiger charge is 2.49. The average molecular weight is 567 g/mol. The molecule has 1 aliphatic heterocycles. The Balaban J connectivity index is 1.20. The van der Waals surface area contributed by atoms with E-state index in [4.69, 9.17) is 0 Å². The zero-order valence-electron chi connectivity index (χ0n) is 21.9. The lowest BCUT2D eigenvalue weighted by atomic mass is 9.88. The first-order valence-electron chi connectivity index (χ1n) is 13.8. The van der Waals surface area contributed by atoms with Gasteiger partial charge in [0.15, 0.2) is 0 Å². The molecule has 0 amide bonds. The standard InChI is InChI=1S/C37H20F2S2/c1-37-28(17-31(41-37)19-4-10-23(39)11-5-19)25-13-7-20-14-27-34-24(12-6-21-15-29(37)35(25)33(20)32(21)34)26-16-30(40-36(26)27)18-2-8-22(38)9-3-18/h2-17,28H,1H3. The smallest absolute Gasteiger partial charge is 0.123 e. The Kier molecular flexibility index (Phi) is 4.12. The second-order valence-corrected chi connectivity index (χ2v) is 14.2. The van der Waals surface area contributed by atoms with Gasteiger partial charge in [-0.25, -0.2) is 8.78 Å². The number of hydrogen-bond donors (Lipinski definition) is 0. The second-order valence-electron chi connectivity index (χ2n) is 11.6. The zero-order chi connectivity index (χ0) is 27.2. The number of allylic oxidation sites excluding steroid dienone is 1. The quantitative estimate of drug-likeness (QED) is 0.188. The predicted octanol–water partition coefficient (Wildman–Crippen LogP) is 11.3. The maximum atomic E-state index is 13.6. The van der Waals surface area contributed by atoms with Crippen LogP contribution in [0.15, 0.2) is 97.1 Å². The fourth-order valence-electron chi connectivity index (χ4n) is 7.67. The summed E-state index contributed by atoms with van der Waals surface area (Å²) in [7, 11) is 0. The number of thiophene rings is 1. The highest BCUT2D eigenvalue weighted by molar-refractivity contribution is 8.09. The third kappa shape index (κ3) is 2.75. The monoisotopic (exact) mass is 566 g/mol. The van der Waals surface area contributed by atoms with Gasteiger partial charge in [-0.2, -0.15) is 0 Å². The minimum Gasteiger partial charge on any atom is -0.207 e. The Morgan fingerprint density at radius 1 is 0.634 bits per heavy atom. The maximum Gasteiger partial charge on any atom is 0.123 e. The largest absolute Gasteiger partial charge is 0.207 e. The van der Waals surface area contributed by atoms with Crippen molar-refractivity contribution < 1.29 is 8.78 Å². The lowest BCUT2D eigenvalue weighted by molar-refractivity contribution is 0.627. The van der Waals surface area contributed by atoms with Crippen LogP contribution in [-0.2, 0) is 4.75 Å². The van der Waals surface area contributed by atoms with E-state index in [1.54, 1.807) is 23.5 Å². The van der Waals surface area contributed by atoms with E-state index in [9.17, 15) is 8.78 Å². The van der Waals surface area contributed by atoms with Gasteiger partial charge < -0.3 is 0 Å². The Morgan fingerprint density at radius 3 is 2.10 bits per heavy atom. The van der Waals surface area contributed by atoms with Gasteiger partial charge in [-0.05, 0) is 110 Å². The summed E-state index contributed by atoms with van der Waals surface area (Å²) >= 11 is 3.72.